The average Bonchev–Trinajstić information content (AvgIpc) is 2.49. The highest BCUT2D eigenvalue weighted by Crippen LogP contribution is 2.14. The van der Waals surface area contributed by atoms with Crippen LogP contribution in [0.3, 0.4) is 0 Å². The Morgan fingerprint density at radius 2 is 2.38 bits per heavy atom. The number of hydrogen-bond acceptors (Lipinski definition) is 2. The average molecular weight is 178 g/mol. The zero-order valence-corrected chi connectivity index (χ0v) is 6.99. The Kier molecular flexibility index (Phi) is 1.62. The molecular weight excluding hydrogens is 171 g/mol. The normalized spacial score (nSPS) is 10.6. The molecule has 0 aromatic carbocycles. The maximum Gasteiger partial charge on any atom is 0.163 e. The van der Waals surface area contributed by atoms with Crippen molar-refractivity contribution in [2.45, 2.75) is 6.92 Å². The first-order valence-electron chi connectivity index (χ1n) is 3.83. The standard InChI is InChI=1S/C9H7FN2O/c1-6(13)7-5-11-12-4-2-3-8(10)9(7)12/h2-5H,1H3. The fraction of sp³-hybridized carbons (Fsp3) is 0.111. The fourth-order valence-corrected chi connectivity index (χ4v) is 1.26. The minimum absolute atomic E-state index is 0.180. The van der Waals surface area contributed by atoms with Gasteiger partial charge in [-0.05, 0) is 19.1 Å². The zero-order valence-electron chi connectivity index (χ0n) is 6.99. The zero-order chi connectivity index (χ0) is 9.42. The predicted octanol–water partition coefficient (Wildman–Crippen LogP) is 1.68. The van der Waals surface area contributed by atoms with Gasteiger partial charge in [0.05, 0.1) is 11.8 Å². The summed E-state index contributed by atoms with van der Waals surface area (Å²) in [6.45, 7) is 1.39. The van der Waals surface area contributed by atoms with E-state index < -0.39 is 5.82 Å². The SMILES string of the molecule is CC(=O)c1cnn2cccc(F)c12. The summed E-state index contributed by atoms with van der Waals surface area (Å²) in [5.74, 6) is -0.606. The molecular formula is C9H7FN2O. The predicted molar refractivity (Wildman–Crippen MR) is 45.2 cm³/mol. The molecule has 2 aromatic rings. The number of nitrogens with zero attached hydrogens (tertiary/aromatic N) is 2. The highest BCUT2D eigenvalue weighted by Gasteiger charge is 2.11. The van der Waals surface area contributed by atoms with Crippen LogP contribution < -0.4 is 0 Å². The number of hydrogen-bond donors (Lipinski definition) is 0. The summed E-state index contributed by atoms with van der Waals surface area (Å²) >= 11 is 0. The van der Waals surface area contributed by atoms with Crippen LogP contribution in [0, 0.1) is 5.82 Å². The molecule has 3 nitrogen and oxygen atoms in total. The number of carbonyl (C=O) groups is 1. The highest BCUT2D eigenvalue weighted by molar-refractivity contribution is 6.00. The lowest BCUT2D eigenvalue weighted by molar-refractivity contribution is 0.101. The van der Waals surface area contributed by atoms with Crippen LogP contribution in [0.4, 0.5) is 4.39 Å². The van der Waals surface area contributed by atoms with Crippen LogP contribution in [0.1, 0.15) is 17.3 Å². The molecule has 2 rings (SSSR count). The topological polar surface area (TPSA) is 34.4 Å². The second-order valence-electron chi connectivity index (χ2n) is 2.76. The Balaban J connectivity index is 2.86. The summed E-state index contributed by atoms with van der Waals surface area (Å²) in [6, 6.07) is 2.85. The van der Waals surface area contributed by atoms with Crippen molar-refractivity contribution in [3.05, 3.63) is 35.9 Å². The molecule has 4 heteroatoms. The molecule has 0 spiro atoms. The fourth-order valence-electron chi connectivity index (χ4n) is 1.26. The minimum Gasteiger partial charge on any atom is -0.294 e. The molecule has 0 fully saturated rings. The monoisotopic (exact) mass is 178 g/mol. The van der Waals surface area contributed by atoms with E-state index in [1.807, 2.05) is 0 Å². The number of carbonyl (C=O) groups excluding carboxylic acids is 1. The van der Waals surface area contributed by atoms with E-state index in [1.54, 1.807) is 12.3 Å². The van der Waals surface area contributed by atoms with Gasteiger partial charge in [-0.2, -0.15) is 5.10 Å². The Morgan fingerprint density at radius 1 is 1.62 bits per heavy atom. The third-order valence-electron chi connectivity index (χ3n) is 1.87. The molecule has 0 radical (unpaired) electrons. The third-order valence-corrected chi connectivity index (χ3v) is 1.87. The van der Waals surface area contributed by atoms with Crippen LogP contribution in [0.25, 0.3) is 5.52 Å². The van der Waals surface area contributed by atoms with Crippen molar-refractivity contribution in [2.75, 3.05) is 0 Å². The van der Waals surface area contributed by atoms with Crippen molar-refractivity contribution < 1.29 is 9.18 Å². The quantitative estimate of drug-likeness (QED) is 0.622. The second kappa shape index (κ2) is 2.65. The number of rotatable bonds is 1. The van der Waals surface area contributed by atoms with E-state index >= 15 is 0 Å². The lowest BCUT2D eigenvalue weighted by atomic mass is 10.2. The molecule has 0 aliphatic carbocycles. The van der Waals surface area contributed by atoms with E-state index in [0.29, 0.717) is 5.56 Å². The van der Waals surface area contributed by atoms with Crippen molar-refractivity contribution in [1.29, 1.82) is 0 Å². The van der Waals surface area contributed by atoms with Gasteiger partial charge in [0.25, 0.3) is 0 Å². The molecule has 13 heavy (non-hydrogen) atoms. The van der Waals surface area contributed by atoms with Crippen LogP contribution in [-0.2, 0) is 0 Å². The summed E-state index contributed by atoms with van der Waals surface area (Å²) < 4.78 is 14.6. The van der Waals surface area contributed by atoms with E-state index in [9.17, 15) is 9.18 Å². The number of pyridine rings is 1. The molecule has 0 N–H and O–H groups in total. The van der Waals surface area contributed by atoms with Gasteiger partial charge >= 0.3 is 0 Å². The Bertz CT molecular complexity index is 475. The first kappa shape index (κ1) is 7.91. The Hall–Kier alpha value is -1.71. The van der Waals surface area contributed by atoms with Gasteiger partial charge in [0.15, 0.2) is 5.78 Å². The van der Waals surface area contributed by atoms with Crippen LogP contribution in [0.5, 0.6) is 0 Å². The molecule has 0 aliphatic rings. The van der Waals surface area contributed by atoms with Gasteiger partial charge in [0.2, 0.25) is 0 Å². The van der Waals surface area contributed by atoms with E-state index in [2.05, 4.69) is 5.10 Å². The number of ketones is 1. The molecule has 0 saturated heterocycles. The van der Waals surface area contributed by atoms with Crippen molar-refractivity contribution in [3.8, 4) is 0 Å². The maximum atomic E-state index is 13.2. The van der Waals surface area contributed by atoms with E-state index in [4.69, 9.17) is 0 Å². The van der Waals surface area contributed by atoms with Crippen molar-refractivity contribution in [1.82, 2.24) is 9.61 Å². The highest BCUT2D eigenvalue weighted by atomic mass is 19.1. The van der Waals surface area contributed by atoms with Crippen molar-refractivity contribution in [2.24, 2.45) is 0 Å². The molecule has 0 unspecified atom stereocenters. The van der Waals surface area contributed by atoms with Gasteiger partial charge in [-0.3, -0.25) is 4.79 Å². The molecule has 2 heterocycles. The van der Waals surface area contributed by atoms with Gasteiger partial charge in [-0.25, -0.2) is 8.91 Å². The van der Waals surface area contributed by atoms with Crippen LogP contribution in [0.15, 0.2) is 24.5 Å². The Morgan fingerprint density at radius 3 is 3.08 bits per heavy atom. The van der Waals surface area contributed by atoms with E-state index in [-0.39, 0.29) is 11.3 Å². The van der Waals surface area contributed by atoms with Crippen molar-refractivity contribution in [3.63, 3.8) is 0 Å². The van der Waals surface area contributed by atoms with Crippen molar-refractivity contribution >= 4 is 11.3 Å². The van der Waals surface area contributed by atoms with Gasteiger partial charge in [-0.1, -0.05) is 0 Å². The van der Waals surface area contributed by atoms with Crippen LogP contribution in [-0.4, -0.2) is 15.4 Å². The van der Waals surface area contributed by atoms with Crippen LogP contribution >= 0.6 is 0 Å². The molecule has 0 bridgehead atoms. The van der Waals surface area contributed by atoms with Gasteiger partial charge < -0.3 is 0 Å². The van der Waals surface area contributed by atoms with Gasteiger partial charge in [-0.15, -0.1) is 0 Å². The lowest BCUT2D eigenvalue weighted by Gasteiger charge is -1.95. The summed E-state index contributed by atoms with van der Waals surface area (Å²) in [5, 5.41) is 3.86. The second-order valence-corrected chi connectivity index (χ2v) is 2.76. The molecule has 0 saturated carbocycles. The number of fused-ring (bicyclic) bond motifs is 1. The molecule has 0 amide bonds. The number of Topliss-reactive ketones (excluding diaryl/α,β-unsaturated/α-hetero) is 1. The first-order valence-corrected chi connectivity index (χ1v) is 3.83. The first-order chi connectivity index (χ1) is 6.20. The van der Waals surface area contributed by atoms with E-state index in [1.165, 1.54) is 23.7 Å². The summed E-state index contributed by atoms with van der Waals surface area (Å²) in [5.41, 5.74) is 0.563. The van der Waals surface area contributed by atoms with E-state index in [0.717, 1.165) is 0 Å². The molecule has 66 valence electrons. The maximum absolute atomic E-state index is 13.2. The molecule has 2 aromatic heterocycles. The summed E-state index contributed by atoms with van der Waals surface area (Å²) in [6.07, 6.45) is 2.98. The minimum atomic E-state index is -0.426. The summed E-state index contributed by atoms with van der Waals surface area (Å²) in [7, 11) is 0. The van der Waals surface area contributed by atoms with Gasteiger partial charge in [0.1, 0.15) is 11.3 Å². The van der Waals surface area contributed by atoms with Crippen LogP contribution in [0.2, 0.25) is 0 Å². The number of aromatic nitrogens is 2. The smallest absolute Gasteiger partial charge is 0.163 e. The third kappa shape index (κ3) is 1.11. The lowest BCUT2D eigenvalue weighted by Crippen LogP contribution is -1.94. The Labute approximate surface area is 73.8 Å². The molecule has 0 atom stereocenters. The molecule has 0 aliphatic heterocycles. The summed E-state index contributed by atoms with van der Waals surface area (Å²) in [4.78, 5) is 11.1. The number of halogens is 1. The van der Waals surface area contributed by atoms with Gasteiger partial charge in [0, 0.05) is 6.20 Å². The largest absolute Gasteiger partial charge is 0.294 e.